The zero-order valence-corrected chi connectivity index (χ0v) is 38.3. The van der Waals surface area contributed by atoms with E-state index < -0.39 is 76.0 Å². The van der Waals surface area contributed by atoms with Crippen LogP contribution in [0.2, 0.25) is 0 Å². The SMILES string of the molecule is CCCC(=O)NCCOCCOCCNc1cc(NCCOCCOCCNC(=O)CCCCCCCNC(=O)CC[C@H](NC(=O)N[C@@H](CCC(=O)O)C(=O)O)C(=O)O)c([N+](=O)[O-])cc1[N+](=O)[O-]. The first kappa shape index (κ1) is 59.6. The molecule has 0 heterocycles. The number of nitro benzene ring substituents is 2. The Kier molecular flexibility index (Phi) is 32.1. The van der Waals surface area contributed by atoms with Crippen LogP contribution in [0.4, 0.5) is 27.5 Å². The number of nitrogens with one attached hydrogen (secondary N) is 7. The van der Waals surface area contributed by atoms with Gasteiger partial charge in [0.25, 0.3) is 11.4 Å². The number of carboxylic acid groups (broad SMARTS) is 3. The second kappa shape index (κ2) is 36.6. The average molecular weight is 974 g/mol. The molecule has 0 aliphatic heterocycles. The number of nitro groups is 2. The van der Waals surface area contributed by atoms with Gasteiger partial charge < -0.3 is 71.5 Å². The Hall–Kier alpha value is -6.45. The van der Waals surface area contributed by atoms with Gasteiger partial charge in [0, 0.05) is 58.4 Å². The predicted octanol–water partition coefficient (Wildman–Crippen LogP) is 1.73. The minimum atomic E-state index is -1.54. The third kappa shape index (κ3) is 29.2. The first-order chi connectivity index (χ1) is 32.5. The largest absolute Gasteiger partial charge is 0.481 e. The van der Waals surface area contributed by atoms with Crippen LogP contribution in [0.15, 0.2) is 12.1 Å². The second-order valence-electron chi connectivity index (χ2n) is 14.9. The molecule has 1 aromatic carbocycles. The number of anilines is 2. The molecule has 0 radical (unpaired) electrons. The van der Waals surface area contributed by atoms with Gasteiger partial charge in [0.1, 0.15) is 23.5 Å². The minimum absolute atomic E-state index is 0.0385. The summed E-state index contributed by atoms with van der Waals surface area (Å²) in [5, 5.41) is 68.6. The molecule has 0 fully saturated rings. The molecular weight excluding hydrogens is 906 g/mol. The van der Waals surface area contributed by atoms with Gasteiger partial charge in [-0.05, 0) is 38.2 Å². The van der Waals surface area contributed by atoms with E-state index >= 15 is 0 Å². The molecule has 27 nitrogen and oxygen atoms in total. The maximum Gasteiger partial charge on any atom is 0.326 e. The first-order valence-electron chi connectivity index (χ1n) is 22.4. The molecule has 0 aromatic heterocycles. The van der Waals surface area contributed by atoms with Gasteiger partial charge in [0.15, 0.2) is 0 Å². The Bertz CT molecular complexity index is 1760. The van der Waals surface area contributed by atoms with Crippen molar-refractivity contribution in [3.05, 3.63) is 32.4 Å². The van der Waals surface area contributed by atoms with Crippen molar-refractivity contribution in [2.24, 2.45) is 0 Å². The summed E-state index contributed by atoms with van der Waals surface area (Å²) in [6.07, 6.45) is 3.78. The molecule has 2 atom stereocenters. The molecule has 1 aromatic rings. The summed E-state index contributed by atoms with van der Waals surface area (Å²) in [7, 11) is 0. The number of benzene rings is 1. The topological polar surface area (TPSA) is 388 Å². The number of ether oxygens (including phenoxy) is 4. The number of hydrogen-bond donors (Lipinski definition) is 10. The van der Waals surface area contributed by atoms with Gasteiger partial charge in [-0.1, -0.05) is 26.2 Å². The Labute approximate surface area is 392 Å². The van der Waals surface area contributed by atoms with Gasteiger partial charge in [-0.3, -0.25) is 39.4 Å². The fraction of sp³-hybridized carbons (Fsp3) is 0.683. The molecule has 0 saturated carbocycles. The Morgan fingerprint density at radius 2 is 0.941 bits per heavy atom. The Morgan fingerprint density at radius 3 is 1.40 bits per heavy atom. The van der Waals surface area contributed by atoms with Crippen molar-refractivity contribution < 1.29 is 77.7 Å². The predicted molar refractivity (Wildman–Crippen MR) is 242 cm³/mol. The third-order valence-electron chi connectivity index (χ3n) is 9.41. The van der Waals surface area contributed by atoms with Crippen molar-refractivity contribution in [1.29, 1.82) is 0 Å². The lowest BCUT2D eigenvalue weighted by Gasteiger charge is -2.18. The van der Waals surface area contributed by atoms with Gasteiger partial charge in [-0.15, -0.1) is 0 Å². The van der Waals surface area contributed by atoms with E-state index in [1.807, 2.05) is 12.2 Å². The van der Waals surface area contributed by atoms with Crippen molar-refractivity contribution in [2.45, 2.75) is 96.1 Å². The lowest BCUT2D eigenvalue weighted by atomic mass is 10.1. The highest BCUT2D eigenvalue weighted by atomic mass is 16.6. The van der Waals surface area contributed by atoms with Crippen molar-refractivity contribution in [3.8, 4) is 0 Å². The van der Waals surface area contributed by atoms with E-state index in [-0.39, 0.29) is 102 Å². The molecule has 384 valence electrons. The highest BCUT2D eigenvalue weighted by molar-refractivity contribution is 5.87. The second-order valence-corrected chi connectivity index (χ2v) is 14.9. The molecule has 0 aliphatic carbocycles. The molecule has 10 N–H and O–H groups in total. The number of urea groups is 1. The van der Waals surface area contributed by atoms with Crippen LogP contribution in [0.3, 0.4) is 0 Å². The fourth-order valence-corrected chi connectivity index (χ4v) is 5.92. The summed E-state index contributed by atoms with van der Waals surface area (Å²) in [6.45, 7) is 5.11. The monoisotopic (exact) mass is 973 g/mol. The van der Waals surface area contributed by atoms with E-state index in [0.29, 0.717) is 45.4 Å². The van der Waals surface area contributed by atoms with E-state index in [0.717, 1.165) is 31.7 Å². The number of aliphatic carboxylic acids is 3. The number of unbranched alkanes of at least 4 members (excludes halogenated alkanes) is 4. The van der Waals surface area contributed by atoms with Crippen molar-refractivity contribution in [3.63, 3.8) is 0 Å². The van der Waals surface area contributed by atoms with E-state index in [4.69, 9.17) is 29.2 Å². The van der Waals surface area contributed by atoms with Crippen molar-refractivity contribution in [2.75, 3.05) is 96.2 Å². The van der Waals surface area contributed by atoms with Crippen LogP contribution < -0.4 is 37.2 Å². The summed E-state index contributed by atoms with van der Waals surface area (Å²) in [5.74, 6) is -4.80. The molecule has 0 unspecified atom stereocenters. The average Bonchev–Trinajstić information content (AvgIpc) is 3.28. The number of carbonyl (C=O) groups is 7. The van der Waals surface area contributed by atoms with Crippen LogP contribution >= 0.6 is 0 Å². The van der Waals surface area contributed by atoms with Crippen molar-refractivity contribution in [1.82, 2.24) is 26.6 Å². The number of rotatable bonds is 42. The summed E-state index contributed by atoms with van der Waals surface area (Å²) < 4.78 is 21.8. The molecule has 1 rings (SSSR count). The maximum absolute atomic E-state index is 12.2. The van der Waals surface area contributed by atoms with Crippen LogP contribution in [0.25, 0.3) is 0 Å². The first-order valence-corrected chi connectivity index (χ1v) is 22.4. The lowest BCUT2D eigenvalue weighted by molar-refractivity contribution is -0.393. The van der Waals surface area contributed by atoms with E-state index in [9.17, 15) is 58.9 Å². The summed E-state index contributed by atoms with van der Waals surface area (Å²) in [5.41, 5.74) is -0.830. The van der Waals surface area contributed by atoms with Gasteiger partial charge in [-0.2, -0.15) is 0 Å². The lowest BCUT2D eigenvalue weighted by Crippen LogP contribution is -2.51. The Balaban J connectivity index is 2.18. The number of carboxylic acids is 3. The smallest absolute Gasteiger partial charge is 0.326 e. The van der Waals surface area contributed by atoms with E-state index in [2.05, 4.69) is 31.9 Å². The van der Waals surface area contributed by atoms with Crippen LogP contribution in [-0.2, 0) is 47.7 Å². The van der Waals surface area contributed by atoms with E-state index in [1.54, 1.807) is 0 Å². The maximum atomic E-state index is 12.2. The van der Waals surface area contributed by atoms with Crippen molar-refractivity contribution >= 4 is 64.4 Å². The van der Waals surface area contributed by atoms with Gasteiger partial charge in [0.2, 0.25) is 17.7 Å². The van der Waals surface area contributed by atoms with Crippen LogP contribution in [0.1, 0.15) is 84.0 Å². The summed E-state index contributed by atoms with van der Waals surface area (Å²) >= 11 is 0. The fourth-order valence-electron chi connectivity index (χ4n) is 5.92. The van der Waals surface area contributed by atoms with Crippen LogP contribution in [0, 0.1) is 20.2 Å². The molecule has 0 aliphatic rings. The van der Waals surface area contributed by atoms with Gasteiger partial charge in [0.05, 0.1) is 68.8 Å². The number of hydrogen-bond acceptors (Lipinski definition) is 17. The molecule has 5 amide bonds. The van der Waals surface area contributed by atoms with Crippen LogP contribution in [-0.4, -0.2) is 164 Å². The number of amides is 5. The standard InChI is InChI=1S/C41H67N9O18/c1-2-8-35(51)45-17-21-67-25-23-65-19-15-42-31-27-32(34(50(63)64)28-33(31)49(61)62)43-16-20-66-24-26-68-22-18-46-36(52)9-6-4-3-5-7-14-44-37(53)12-10-29(39(56)57)47-41(60)48-30(40(58)59)11-13-38(54)55/h27-30,42-43H,2-26H2,1H3,(H,44,53)(H,45,51)(H,46,52)(H,54,55)(H,56,57)(H,58,59)(H2,47,48,60)/t29-,30-/m0/s1. The number of carbonyl (C=O) groups excluding carboxylic acids is 4. The highest BCUT2D eigenvalue weighted by Crippen LogP contribution is 2.36. The third-order valence-corrected chi connectivity index (χ3v) is 9.41. The van der Waals surface area contributed by atoms with Gasteiger partial charge >= 0.3 is 23.9 Å². The van der Waals surface area contributed by atoms with E-state index in [1.165, 1.54) is 6.07 Å². The molecule has 0 spiro atoms. The summed E-state index contributed by atoms with van der Waals surface area (Å²) in [6, 6.07) is -1.99. The molecule has 27 heteroatoms. The highest BCUT2D eigenvalue weighted by Gasteiger charge is 2.26. The Morgan fingerprint density at radius 1 is 0.529 bits per heavy atom. The molecule has 68 heavy (non-hydrogen) atoms. The van der Waals surface area contributed by atoms with Gasteiger partial charge in [-0.25, -0.2) is 14.4 Å². The van der Waals surface area contributed by atoms with Crippen LogP contribution in [0.5, 0.6) is 0 Å². The quantitative estimate of drug-likeness (QED) is 0.0253. The molecular formula is C41H67N9O18. The number of nitrogens with zero attached hydrogens (tertiary/aromatic N) is 2. The minimum Gasteiger partial charge on any atom is -0.481 e. The normalized spacial score (nSPS) is 11.7. The molecule has 0 saturated heterocycles. The zero-order valence-electron chi connectivity index (χ0n) is 38.3. The molecule has 0 bridgehead atoms. The summed E-state index contributed by atoms with van der Waals surface area (Å²) in [4.78, 5) is 103. The zero-order chi connectivity index (χ0) is 50.5.